The van der Waals surface area contributed by atoms with Crippen molar-refractivity contribution in [1.82, 2.24) is 9.97 Å². The Morgan fingerprint density at radius 1 is 1.13 bits per heavy atom. The van der Waals surface area contributed by atoms with E-state index < -0.39 is 0 Å². The molecule has 0 atom stereocenters. The van der Waals surface area contributed by atoms with Crippen LogP contribution >= 0.6 is 0 Å². The van der Waals surface area contributed by atoms with Crippen molar-refractivity contribution in [2.75, 3.05) is 0 Å². The molecule has 0 spiro atoms. The number of carbonyl (C=O) groups is 1. The van der Waals surface area contributed by atoms with E-state index in [1.54, 1.807) is 24.7 Å². The molecule has 0 aromatic carbocycles. The number of Topliss-reactive ketones (excluding diaryl/α,β-unsaturated/α-hetero) is 1. The van der Waals surface area contributed by atoms with E-state index in [0.29, 0.717) is 5.56 Å². The van der Waals surface area contributed by atoms with Crippen LogP contribution < -0.4 is 0 Å². The van der Waals surface area contributed by atoms with Crippen molar-refractivity contribution in [2.24, 2.45) is 0 Å². The lowest BCUT2D eigenvalue weighted by Gasteiger charge is -2.00. The van der Waals surface area contributed by atoms with Gasteiger partial charge in [-0.1, -0.05) is 0 Å². The number of nitrogens with zero attached hydrogens (tertiary/aromatic N) is 2. The maximum atomic E-state index is 11.0. The number of ketones is 1. The lowest BCUT2D eigenvalue weighted by molar-refractivity contribution is 0.101. The number of carbonyl (C=O) groups excluding carboxylic acids is 1. The molecule has 0 radical (unpaired) electrons. The summed E-state index contributed by atoms with van der Waals surface area (Å²) in [6.07, 6.45) is 5.03. The molecule has 3 heteroatoms. The highest BCUT2D eigenvalue weighted by molar-refractivity contribution is 5.93. The molecule has 15 heavy (non-hydrogen) atoms. The molecule has 0 amide bonds. The van der Waals surface area contributed by atoms with E-state index >= 15 is 0 Å². The van der Waals surface area contributed by atoms with Crippen LogP contribution in [0.25, 0.3) is 11.3 Å². The Balaban J connectivity index is 2.36. The topological polar surface area (TPSA) is 42.9 Å². The largest absolute Gasteiger partial charge is 0.294 e. The molecule has 0 aliphatic rings. The minimum atomic E-state index is 0.0313. The van der Waals surface area contributed by atoms with Crippen LogP contribution in [0.4, 0.5) is 0 Å². The minimum Gasteiger partial charge on any atom is -0.294 e. The second-order valence-corrected chi connectivity index (χ2v) is 3.22. The van der Waals surface area contributed by atoms with Gasteiger partial charge in [-0.25, -0.2) is 0 Å². The lowest BCUT2D eigenvalue weighted by Crippen LogP contribution is -1.93. The van der Waals surface area contributed by atoms with Crippen LogP contribution in [0.15, 0.2) is 42.9 Å². The molecule has 2 aromatic heterocycles. The maximum Gasteiger partial charge on any atom is 0.161 e. The molecule has 0 aliphatic heterocycles. The Kier molecular flexibility index (Phi) is 2.54. The third-order valence-electron chi connectivity index (χ3n) is 2.15. The first-order valence-corrected chi connectivity index (χ1v) is 4.65. The van der Waals surface area contributed by atoms with Crippen LogP contribution in [0.5, 0.6) is 0 Å². The second kappa shape index (κ2) is 4.00. The fourth-order valence-corrected chi connectivity index (χ4v) is 1.30. The molecule has 0 aliphatic carbocycles. The predicted octanol–water partition coefficient (Wildman–Crippen LogP) is 2.35. The molecule has 0 saturated carbocycles. The maximum absolute atomic E-state index is 11.0. The van der Waals surface area contributed by atoms with Crippen LogP contribution in [0.2, 0.25) is 0 Å². The Hall–Kier alpha value is -2.03. The smallest absolute Gasteiger partial charge is 0.161 e. The van der Waals surface area contributed by atoms with Crippen molar-refractivity contribution in [2.45, 2.75) is 6.92 Å². The van der Waals surface area contributed by atoms with E-state index in [2.05, 4.69) is 9.97 Å². The zero-order valence-electron chi connectivity index (χ0n) is 8.34. The zero-order valence-corrected chi connectivity index (χ0v) is 8.34. The molecule has 74 valence electrons. The predicted molar refractivity (Wildman–Crippen MR) is 57.5 cm³/mol. The summed E-state index contributed by atoms with van der Waals surface area (Å²) >= 11 is 0. The van der Waals surface area contributed by atoms with Crippen LogP contribution in [0, 0.1) is 0 Å². The van der Waals surface area contributed by atoms with Gasteiger partial charge in [0.05, 0.1) is 5.69 Å². The summed E-state index contributed by atoms with van der Waals surface area (Å²) in [4.78, 5) is 19.2. The summed E-state index contributed by atoms with van der Waals surface area (Å²) in [5.41, 5.74) is 2.48. The first-order valence-electron chi connectivity index (χ1n) is 4.65. The van der Waals surface area contributed by atoms with Gasteiger partial charge in [0.15, 0.2) is 5.78 Å². The SMILES string of the molecule is CC(=O)c1ccc(-c2ccncc2)nc1. The first-order chi connectivity index (χ1) is 7.27. The van der Waals surface area contributed by atoms with Crippen molar-refractivity contribution in [3.05, 3.63) is 48.4 Å². The third-order valence-corrected chi connectivity index (χ3v) is 2.15. The van der Waals surface area contributed by atoms with Gasteiger partial charge in [-0.15, -0.1) is 0 Å². The van der Waals surface area contributed by atoms with Gasteiger partial charge in [0.1, 0.15) is 0 Å². The van der Waals surface area contributed by atoms with Gasteiger partial charge in [-0.2, -0.15) is 0 Å². The molecule has 0 fully saturated rings. The summed E-state index contributed by atoms with van der Waals surface area (Å²) < 4.78 is 0. The van der Waals surface area contributed by atoms with Crippen LogP contribution in [0.1, 0.15) is 17.3 Å². The summed E-state index contributed by atoms with van der Waals surface area (Å²) in [5.74, 6) is 0.0313. The van der Waals surface area contributed by atoms with Crippen molar-refractivity contribution < 1.29 is 4.79 Å². The summed E-state index contributed by atoms with van der Waals surface area (Å²) in [5, 5.41) is 0. The summed E-state index contributed by atoms with van der Waals surface area (Å²) in [6, 6.07) is 7.39. The van der Waals surface area contributed by atoms with Gasteiger partial charge in [-0.3, -0.25) is 14.8 Å². The Bertz CT molecular complexity index is 463. The average molecular weight is 198 g/mol. The summed E-state index contributed by atoms with van der Waals surface area (Å²) in [6.45, 7) is 1.53. The lowest BCUT2D eigenvalue weighted by atomic mass is 10.1. The van der Waals surface area contributed by atoms with Crippen molar-refractivity contribution >= 4 is 5.78 Å². The van der Waals surface area contributed by atoms with E-state index in [9.17, 15) is 4.79 Å². The number of pyridine rings is 2. The van der Waals surface area contributed by atoms with E-state index in [0.717, 1.165) is 11.3 Å². The van der Waals surface area contributed by atoms with Crippen molar-refractivity contribution in [1.29, 1.82) is 0 Å². The highest BCUT2D eigenvalue weighted by Gasteiger charge is 2.01. The van der Waals surface area contributed by atoms with Crippen LogP contribution in [-0.4, -0.2) is 15.8 Å². The van der Waals surface area contributed by atoms with E-state index in [1.165, 1.54) is 6.92 Å². The average Bonchev–Trinajstić information content (AvgIpc) is 2.30. The minimum absolute atomic E-state index is 0.0313. The molecule has 0 bridgehead atoms. The number of hydrogen-bond acceptors (Lipinski definition) is 3. The quantitative estimate of drug-likeness (QED) is 0.695. The third kappa shape index (κ3) is 2.07. The number of rotatable bonds is 2. The fourth-order valence-electron chi connectivity index (χ4n) is 1.30. The Morgan fingerprint density at radius 2 is 1.87 bits per heavy atom. The monoisotopic (exact) mass is 198 g/mol. The fraction of sp³-hybridized carbons (Fsp3) is 0.0833. The van der Waals surface area contributed by atoms with Gasteiger partial charge in [0.2, 0.25) is 0 Å². The molecule has 0 unspecified atom stereocenters. The number of aromatic nitrogens is 2. The van der Waals surface area contributed by atoms with Crippen molar-refractivity contribution in [3.63, 3.8) is 0 Å². The Morgan fingerprint density at radius 3 is 2.40 bits per heavy atom. The van der Waals surface area contributed by atoms with Gasteiger partial charge in [0, 0.05) is 29.7 Å². The van der Waals surface area contributed by atoms with Gasteiger partial charge >= 0.3 is 0 Å². The molecule has 0 N–H and O–H groups in total. The van der Waals surface area contributed by atoms with E-state index in [1.807, 2.05) is 18.2 Å². The van der Waals surface area contributed by atoms with Crippen LogP contribution in [-0.2, 0) is 0 Å². The molecule has 0 saturated heterocycles. The Labute approximate surface area is 87.8 Å². The van der Waals surface area contributed by atoms with Crippen LogP contribution in [0.3, 0.4) is 0 Å². The highest BCUT2D eigenvalue weighted by atomic mass is 16.1. The molecular formula is C12H10N2O. The van der Waals surface area contributed by atoms with Gasteiger partial charge in [-0.05, 0) is 31.2 Å². The molecule has 2 aromatic rings. The normalized spacial score (nSPS) is 9.93. The van der Waals surface area contributed by atoms with Gasteiger partial charge < -0.3 is 0 Å². The molecule has 3 nitrogen and oxygen atoms in total. The summed E-state index contributed by atoms with van der Waals surface area (Å²) in [7, 11) is 0. The van der Waals surface area contributed by atoms with Gasteiger partial charge in [0.25, 0.3) is 0 Å². The highest BCUT2D eigenvalue weighted by Crippen LogP contribution is 2.15. The molecule has 2 rings (SSSR count). The van der Waals surface area contributed by atoms with E-state index in [-0.39, 0.29) is 5.78 Å². The molecule has 2 heterocycles. The zero-order chi connectivity index (χ0) is 10.7. The molecular weight excluding hydrogens is 188 g/mol. The first kappa shape index (κ1) is 9.52. The second-order valence-electron chi connectivity index (χ2n) is 3.22. The van der Waals surface area contributed by atoms with E-state index in [4.69, 9.17) is 0 Å². The number of hydrogen-bond donors (Lipinski definition) is 0. The van der Waals surface area contributed by atoms with Crippen molar-refractivity contribution in [3.8, 4) is 11.3 Å². The standard InChI is InChI=1S/C12H10N2O/c1-9(15)11-2-3-12(14-8-11)10-4-6-13-7-5-10/h2-8H,1H3.